The molecule has 24 atom stereocenters. The molecule has 16 N–H and O–H groups in total. The third-order valence-corrected chi connectivity index (χ3v) is 10.2. The summed E-state index contributed by atoms with van der Waals surface area (Å²) >= 11 is 0. The maximum atomic E-state index is 11.1. The van der Waals surface area contributed by atoms with Gasteiger partial charge in [-0.05, 0) is 0 Å². The van der Waals surface area contributed by atoms with Gasteiger partial charge in [0.05, 0.1) is 39.6 Å². The number of hydrogen-bond donors (Lipinski definition) is 16. The molecule has 0 spiro atoms. The van der Waals surface area contributed by atoms with Crippen LogP contribution >= 0.6 is 0 Å². The lowest BCUT2D eigenvalue weighted by molar-refractivity contribution is -0.395. The Bertz CT molecular complexity index is 1170. The highest BCUT2D eigenvalue weighted by Crippen LogP contribution is 2.34. The zero-order valence-corrected chi connectivity index (χ0v) is 28.9. The van der Waals surface area contributed by atoms with E-state index in [0.29, 0.717) is 0 Å². The molecule has 0 aromatic carbocycles. The molecular formula is C30H52O25. The van der Waals surface area contributed by atoms with Crippen molar-refractivity contribution in [2.24, 2.45) is 0 Å². The Morgan fingerprint density at radius 1 is 0.291 bits per heavy atom. The highest BCUT2D eigenvalue weighted by Gasteiger charge is 2.55. The van der Waals surface area contributed by atoms with Crippen molar-refractivity contribution in [1.29, 1.82) is 0 Å². The van der Waals surface area contributed by atoms with Crippen LogP contribution in [0, 0.1) is 0 Å². The number of rotatable bonds is 14. The molecule has 5 fully saturated rings. The van der Waals surface area contributed by atoms with Crippen LogP contribution in [0.1, 0.15) is 0 Å². The topological polar surface area (TPSA) is 407 Å². The second-order valence-electron chi connectivity index (χ2n) is 13.9. The van der Waals surface area contributed by atoms with E-state index in [0.717, 1.165) is 0 Å². The van der Waals surface area contributed by atoms with E-state index in [1.54, 1.807) is 0 Å². The Kier molecular flexibility index (Phi) is 15.9. The first-order valence-electron chi connectivity index (χ1n) is 17.5. The van der Waals surface area contributed by atoms with Crippen LogP contribution in [-0.4, -0.2) is 269 Å². The molecule has 0 radical (unpaired) electrons. The number of hydrogen-bond acceptors (Lipinski definition) is 25. The monoisotopic (exact) mass is 812 g/mol. The van der Waals surface area contributed by atoms with Gasteiger partial charge in [-0.2, -0.15) is 0 Å². The molecule has 0 saturated carbocycles. The van der Waals surface area contributed by atoms with Crippen molar-refractivity contribution >= 4 is 0 Å². The van der Waals surface area contributed by atoms with E-state index in [-0.39, 0.29) is 0 Å². The summed E-state index contributed by atoms with van der Waals surface area (Å²) in [5.41, 5.74) is 0. The van der Waals surface area contributed by atoms with Crippen molar-refractivity contribution < 1.29 is 124 Å². The van der Waals surface area contributed by atoms with Crippen LogP contribution in [0.25, 0.3) is 0 Å². The van der Waals surface area contributed by atoms with E-state index in [9.17, 15) is 81.7 Å². The molecule has 322 valence electrons. The van der Waals surface area contributed by atoms with E-state index in [2.05, 4.69) is 0 Å². The Balaban J connectivity index is 1.31. The van der Waals surface area contributed by atoms with Crippen molar-refractivity contribution in [3.05, 3.63) is 0 Å². The highest BCUT2D eigenvalue weighted by atomic mass is 16.8. The average Bonchev–Trinajstić information content (AvgIpc) is 3.46. The smallest absolute Gasteiger partial charge is 0.187 e. The second-order valence-corrected chi connectivity index (χ2v) is 13.9. The molecule has 5 aliphatic rings. The predicted octanol–water partition coefficient (Wildman–Crippen LogP) is -11.2. The first-order valence-corrected chi connectivity index (χ1v) is 17.5. The predicted molar refractivity (Wildman–Crippen MR) is 165 cm³/mol. The Labute approximate surface area is 311 Å². The zero-order chi connectivity index (χ0) is 40.5. The van der Waals surface area contributed by atoms with Gasteiger partial charge >= 0.3 is 0 Å². The Morgan fingerprint density at radius 2 is 0.600 bits per heavy atom. The summed E-state index contributed by atoms with van der Waals surface area (Å²) in [7, 11) is 0. The van der Waals surface area contributed by atoms with Gasteiger partial charge in [-0.3, -0.25) is 0 Å². The van der Waals surface area contributed by atoms with E-state index < -0.39 is 187 Å². The van der Waals surface area contributed by atoms with Crippen LogP contribution in [-0.2, 0) is 42.6 Å². The standard InChI is InChI=1S/C30H52O25/c31-1-7-13(35)17(39)11(49-7)5-47-27-23(45)20(42)18(40)12(53-27)6-48-29-25(21(43)15(37)9(3-33)51-29)55-30-26(22(44)16(38)10(4-34)52-30)54-28-24(46)19(41)14(36)8(2-32)50-28/h7-46H,1-6H2/t7-,8-,9-,10-,11+,12-,13-,14-,15-,16-,17-,18-,19+,20+,21+,22+,23+,24+,25+,26+,27+,28-,29+,30-/m1/s1. The second kappa shape index (κ2) is 19.4. The van der Waals surface area contributed by atoms with E-state index in [1.165, 1.54) is 0 Å². The largest absolute Gasteiger partial charge is 0.394 e. The summed E-state index contributed by atoms with van der Waals surface area (Å²) in [5, 5.41) is 165. The molecule has 0 aromatic rings. The minimum Gasteiger partial charge on any atom is -0.394 e. The van der Waals surface area contributed by atoms with Gasteiger partial charge in [0, 0.05) is 0 Å². The summed E-state index contributed by atoms with van der Waals surface area (Å²) in [6.45, 7) is -4.56. The van der Waals surface area contributed by atoms with Crippen molar-refractivity contribution in [3.8, 4) is 0 Å². The minimum atomic E-state index is -2.02. The normalized spacial score (nSPS) is 52.4. The number of aliphatic hydroxyl groups excluding tert-OH is 16. The molecule has 0 amide bonds. The molecule has 25 nitrogen and oxygen atoms in total. The minimum absolute atomic E-state index is 0.528. The molecule has 5 aliphatic heterocycles. The fourth-order valence-corrected chi connectivity index (χ4v) is 6.82. The maximum Gasteiger partial charge on any atom is 0.187 e. The van der Waals surface area contributed by atoms with Gasteiger partial charge in [0.2, 0.25) is 0 Å². The molecule has 55 heavy (non-hydrogen) atoms. The van der Waals surface area contributed by atoms with Gasteiger partial charge in [-0.1, -0.05) is 0 Å². The molecule has 5 rings (SSSR count). The van der Waals surface area contributed by atoms with Crippen LogP contribution in [0.15, 0.2) is 0 Å². The molecular weight excluding hydrogens is 760 g/mol. The Hall–Kier alpha value is -1.00. The number of aliphatic hydroxyl groups is 16. The maximum absolute atomic E-state index is 11.1. The van der Waals surface area contributed by atoms with Crippen LogP contribution < -0.4 is 0 Å². The summed E-state index contributed by atoms with van der Waals surface area (Å²) in [6.07, 6.45) is -41.8. The van der Waals surface area contributed by atoms with Crippen LogP contribution in [0.3, 0.4) is 0 Å². The SMILES string of the molecule is OC[C@H]1O[C@H](O[C@@H]2[C@@H](O[C@@H]3[C@@H](OC[C@H]4O[C@H](OC[C@@H]5O[C@H](CO)[C@@H](O)[C@@H]5O)[C@@H](O)[C@@H](O)[C@@H]4O)O[C@H](CO)[C@@H](O)[C@@H]3O)O[C@H](CO)[C@@H](O)[C@@H]2O)[C@@H](O)[C@@H](O)[C@@H]1O. The Morgan fingerprint density at radius 3 is 1.11 bits per heavy atom. The first-order chi connectivity index (χ1) is 26.1. The summed E-state index contributed by atoms with van der Waals surface area (Å²) in [5.74, 6) is 0. The van der Waals surface area contributed by atoms with Crippen LogP contribution in [0.2, 0.25) is 0 Å². The van der Waals surface area contributed by atoms with E-state index in [4.69, 9.17) is 42.6 Å². The van der Waals surface area contributed by atoms with Crippen molar-refractivity contribution in [1.82, 2.24) is 0 Å². The van der Waals surface area contributed by atoms with Crippen molar-refractivity contribution in [2.75, 3.05) is 39.6 Å². The van der Waals surface area contributed by atoms with E-state index >= 15 is 0 Å². The third-order valence-electron chi connectivity index (χ3n) is 10.2. The average molecular weight is 813 g/mol. The molecule has 0 aliphatic carbocycles. The molecule has 0 bridgehead atoms. The van der Waals surface area contributed by atoms with Gasteiger partial charge in [0.15, 0.2) is 25.2 Å². The van der Waals surface area contributed by atoms with Gasteiger partial charge in [0.1, 0.15) is 122 Å². The highest BCUT2D eigenvalue weighted by molar-refractivity contribution is 4.97. The third kappa shape index (κ3) is 9.42. The van der Waals surface area contributed by atoms with Gasteiger partial charge in [0.25, 0.3) is 0 Å². The quantitative estimate of drug-likeness (QED) is 0.0774. The molecule has 5 saturated heterocycles. The lowest BCUT2D eigenvalue weighted by atomic mass is 9.96. The molecule has 0 aromatic heterocycles. The van der Waals surface area contributed by atoms with Gasteiger partial charge in [-0.15, -0.1) is 0 Å². The van der Waals surface area contributed by atoms with Gasteiger partial charge in [-0.25, -0.2) is 0 Å². The molecule has 25 heteroatoms. The van der Waals surface area contributed by atoms with Crippen LogP contribution in [0.5, 0.6) is 0 Å². The lowest BCUT2D eigenvalue weighted by Crippen LogP contribution is -2.67. The zero-order valence-electron chi connectivity index (χ0n) is 28.9. The van der Waals surface area contributed by atoms with Gasteiger partial charge < -0.3 is 124 Å². The van der Waals surface area contributed by atoms with E-state index in [1.807, 2.05) is 0 Å². The fraction of sp³-hybridized carbons (Fsp3) is 1.00. The first kappa shape index (κ1) is 45.1. The van der Waals surface area contributed by atoms with Crippen molar-refractivity contribution in [2.45, 2.75) is 147 Å². The summed E-state index contributed by atoms with van der Waals surface area (Å²) in [6, 6.07) is 0. The molecule has 5 heterocycles. The fourth-order valence-electron chi connectivity index (χ4n) is 6.82. The van der Waals surface area contributed by atoms with Crippen molar-refractivity contribution in [3.63, 3.8) is 0 Å². The summed E-state index contributed by atoms with van der Waals surface area (Å²) < 4.78 is 50.1. The lowest BCUT2D eigenvalue weighted by Gasteiger charge is -2.48. The van der Waals surface area contributed by atoms with Crippen LogP contribution in [0.4, 0.5) is 0 Å². The molecule has 0 unspecified atom stereocenters. The summed E-state index contributed by atoms with van der Waals surface area (Å²) in [4.78, 5) is 0. The number of ether oxygens (including phenoxy) is 9.